The van der Waals surface area contributed by atoms with Crippen molar-refractivity contribution in [2.24, 2.45) is 0 Å². The number of aryl methyl sites for hydroxylation is 1. The Morgan fingerprint density at radius 3 is 2.71 bits per heavy atom. The Balaban J connectivity index is 2.45. The summed E-state index contributed by atoms with van der Waals surface area (Å²) < 4.78 is 43.2. The molecule has 2 N–H and O–H groups in total. The Labute approximate surface area is 128 Å². The second-order valence-electron chi connectivity index (χ2n) is 3.96. The van der Waals surface area contributed by atoms with Gasteiger partial charge in [-0.2, -0.15) is 4.37 Å². The summed E-state index contributed by atoms with van der Waals surface area (Å²) in [5.74, 6) is -1.98. The summed E-state index contributed by atoms with van der Waals surface area (Å²) in [6.07, 6.45) is 0. The van der Waals surface area contributed by atoms with Crippen LogP contribution in [0.3, 0.4) is 0 Å². The van der Waals surface area contributed by atoms with Crippen LogP contribution in [0.25, 0.3) is 0 Å². The molecule has 0 radical (unpaired) electrons. The van der Waals surface area contributed by atoms with Gasteiger partial charge in [0.2, 0.25) is 0 Å². The molecule has 0 spiro atoms. The maximum atomic E-state index is 13.0. The minimum Gasteiger partial charge on any atom is -0.478 e. The van der Waals surface area contributed by atoms with Crippen LogP contribution in [0.2, 0.25) is 5.02 Å². The van der Waals surface area contributed by atoms with Crippen molar-refractivity contribution in [2.45, 2.75) is 11.8 Å². The minimum atomic E-state index is -4.14. The number of rotatable bonds is 4. The van der Waals surface area contributed by atoms with Gasteiger partial charge in [0.15, 0.2) is 0 Å². The van der Waals surface area contributed by atoms with Crippen molar-refractivity contribution in [3.8, 4) is 0 Å². The van der Waals surface area contributed by atoms with Crippen molar-refractivity contribution in [3.05, 3.63) is 40.3 Å². The van der Waals surface area contributed by atoms with Crippen LogP contribution in [0.4, 0.5) is 9.39 Å². The summed E-state index contributed by atoms with van der Waals surface area (Å²) >= 11 is 6.40. The van der Waals surface area contributed by atoms with E-state index in [9.17, 15) is 17.6 Å². The average molecular weight is 351 g/mol. The molecule has 1 aromatic heterocycles. The van der Waals surface area contributed by atoms with Gasteiger partial charge >= 0.3 is 5.97 Å². The first-order valence-electron chi connectivity index (χ1n) is 5.40. The summed E-state index contributed by atoms with van der Waals surface area (Å²) in [7, 11) is -4.14. The predicted octanol–water partition coefficient (Wildman–Crippen LogP) is 2.74. The van der Waals surface area contributed by atoms with Crippen molar-refractivity contribution in [1.82, 2.24) is 4.37 Å². The topological polar surface area (TPSA) is 96.4 Å². The Bertz CT molecular complexity index is 820. The molecule has 0 saturated carbocycles. The first kappa shape index (κ1) is 15.7. The molecule has 0 saturated heterocycles. The number of hydrogen-bond donors (Lipinski definition) is 2. The molecule has 0 aliphatic carbocycles. The van der Waals surface area contributed by atoms with Crippen LogP contribution >= 0.6 is 23.1 Å². The van der Waals surface area contributed by atoms with E-state index in [4.69, 9.17) is 16.7 Å². The van der Waals surface area contributed by atoms with Crippen LogP contribution in [0.15, 0.2) is 23.1 Å². The molecular formula is C11H8ClFN2O4S2. The van der Waals surface area contributed by atoms with Gasteiger partial charge in [-0.25, -0.2) is 17.6 Å². The number of hydrogen-bond acceptors (Lipinski definition) is 5. The number of sulfonamides is 1. The number of carboxylic acids is 1. The van der Waals surface area contributed by atoms with Gasteiger partial charge in [-0.3, -0.25) is 4.72 Å². The first-order valence-corrected chi connectivity index (χ1v) is 8.03. The molecular weight excluding hydrogens is 343 g/mol. The van der Waals surface area contributed by atoms with Crippen LogP contribution < -0.4 is 4.72 Å². The molecule has 0 unspecified atom stereocenters. The smallest absolute Gasteiger partial charge is 0.340 e. The monoisotopic (exact) mass is 350 g/mol. The van der Waals surface area contributed by atoms with E-state index < -0.39 is 21.8 Å². The quantitative estimate of drug-likeness (QED) is 0.883. The van der Waals surface area contributed by atoms with E-state index in [0.717, 1.165) is 18.2 Å². The molecule has 21 heavy (non-hydrogen) atoms. The SMILES string of the molecule is Cc1nsc(NS(=O)(=O)c2ccc(F)cc2Cl)c1C(=O)O. The highest BCUT2D eigenvalue weighted by Crippen LogP contribution is 2.29. The van der Waals surface area contributed by atoms with Crippen molar-refractivity contribution in [2.75, 3.05) is 4.72 Å². The molecule has 2 aromatic rings. The van der Waals surface area contributed by atoms with Gasteiger partial charge in [0.05, 0.1) is 10.7 Å². The molecule has 1 aromatic carbocycles. The third-order valence-corrected chi connectivity index (χ3v) is 5.30. The predicted molar refractivity (Wildman–Crippen MR) is 76.0 cm³/mol. The molecule has 0 aliphatic rings. The second-order valence-corrected chi connectivity index (χ2v) is 6.79. The zero-order chi connectivity index (χ0) is 15.8. The lowest BCUT2D eigenvalue weighted by Crippen LogP contribution is -2.15. The van der Waals surface area contributed by atoms with Crippen LogP contribution in [0.1, 0.15) is 16.1 Å². The molecule has 0 bridgehead atoms. The molecule has 2 rings (SSSR count). The molecule has 0 amide bonds. The van der Waals surface area contributed by atoms with E-state index in [1.807, 2.05) is 0 Å². The Kier molecular flexibility index (Phi) is 4.17. The number of carbonyl (C=O) groups is 1. The lowest BCUT2D eigenvalue weighted by molar-refractivity contribution is 0.0697. The number of carboxylic acid groups (broad SMARTS) is 1. The Hall–Kier alpha value is -1.71. The van der Waals surface area contributed by atoms with E-state index in [0.29, 0.717) is 11.5 Å². The Morgan fingerprint density at radius 2 is 2.14 bits per heavy atom. The second kappa shape index (κ2) is 5.58. The summed E-state index contributed by atoms with van der Waals surface area (Å²) in [6.45, 7) is 1.45. The van der Waals surface area contributed by atoms with Gasteiger partial charge in [0.1, 0.15) is 21.3 Å². The molecule has 0 atom stereocenters. The highest BCUT2D eigenvalue weighted by molar-refractivity contribution is 7.93. The van der Waals surface area contributed by atoms with Gasteiger partial charge in [0, 0.05) is 0 Å². The number of halogens is 2. The maximum absolute atomic E-state index is 13.0. The van der Waals surface area contributed by atoms with Crippen molar-refractivity contribution >= 4 is 44.1 Å². The van der Waals surface area contributed by atoms with Crippen LogP contribution in [-0.4, -0.2) is 23.9 Å². The Morgan fingerprint density at radius 1 is 1.48 bits per heavy atom. The molecule has 1 heterocycles. The van der Waals surface area contributed by atoms with Crippen molar-refractivity contribution in [1.29, 1.82) is 0 Å². The fraction of sp³-hybridized carbons (Fsp3) is 0.0909. The standard InChI is InChI=1S/C11H8ClFN2O4S2/c1-5-9(11(16)17)10(20-14-5)15-21(18,19)8-3-2-6(13)4-7(8)12/h2-4,15H,1H3,(H,16,17). The maximum Gasteiger partial charge on any atom is 0.340 e. The highest BCUT2D eigenvalue weighted by Gasteiger charge is 2.24. The highest BCUT2D eigenvalue weighted by atomic mass is 35.5. The number of nitrogens with zero attached hydrogens (tertiary/aromatic N) is 1. The normalized spacial score (nSPS) is 11.4. The third-order valence-electron chi connectivity index (χ3n) is 2.49. The van der Waals surface area contributed by atoms with E-state index in [-0.39, 0.29) is 26.2 Å². The molecule has 6 nitrogen and oxygen atoms in total. The van der Waals surface area contributed by atoms with Crippen molar-refractivity contribution in [3.63, 3.8) is 0 Å². The van der Waals surface area contributed by atoms with Crippen molar-refractivity contribution < 1.29 is 22.7 Å². The minimum absolute atomic E-state index is 0.139. The van der Waals surface area contributed by atoms with E-state index in [1.165, 1.54) is 6.92 Å². The fourth-order valence-electron chi connectivity index (χ4n) is 1.56. The zero-order valence-electron chi connectivity index (χ0n) is 10.4. The molecule has 10 heteroatoms. The summed E-state index contributed by atoms with van der Waals surface area (Å²) in [5.41, 5.74) is -0.0442. The average Bonchev–Trinajstić information content (AvgIpc) is 2.68. The van der Waals surface area contributed by atoms with Crippen LogP contribution in [0, 0.1) is 12.7 Å². The van der Waals surface area contributed by atoms with Gasteiger partial charge in [-0.15, -0.1) is 0 Å². The van der Waals surface area contributed by atoms with Gasteiger partial charge in [-0.05, 0) is 36.7 Å². The van der Waals surface area contributed by atoms with Crippen LogP contribution in [0.5, 0.6) is 0 Å². The number of nitrogens with one attached hydrogen (secondary N) is 1. The summed E-state index contributed by atoms with van der Waals surface area (Å²) in [5, 5.41) is 8.61. The van der Waals surface area contributed by atoms with E-state index in [1.54, 1.807) is 0 Å². The first-order chi connectivity index (χ1) is 9.72. The lowest BCUT2D eigenvalue weighted by atomic mass is 10.2. The largest absolute Gasteiger partial charge is 0.478 e. The zero-order valence-corrected chi connectivity index (χ0v) is 12.8. The fourth-order valence-corrected chi connectivity index (χ4v) is 4.18. The summed E-state index contributed by atoms with van der Waals surface area (Å²) in [6, 6.07) is 2.79. The number of benzene rings is 1. The van der Waals surface area contributed by atoms with Gasteiger partial charge < -0.3 is 5.11 Å². The third kappa shape index (κ3) is 3.14. The number of anilines is 1. The lowest BCUT2D eigenvalue weighted by Gasteiger charge is -2.08. The molecule has 112 valence electrons. The number of aromatic carboxylic acids is 1. The molecule has 0 aliphatic heterocycles. The van der Waals surface area contributed by atoms with E-state index in [2.05, 4.69) is 9.10 Å². The van der Waals surface area contributed by atoms with Gasteiger partial charge in [0.25, 0.3) is 10.0 Å². The summed E-state index contributed by atoms with van der Waals surface area (Å²) in [4.78, 5) is 10.7. The molecule has 0 fully saturated rings. The van der Waals surface area contributed by atoms with Crippen LogP contribution in [-0.2, 0) is 10.0 Å². The van der Waals surface area contributed by atoms with E-state index >= 15 is 0 Å². The number of aromatic nitrogens is 1. The van der Waals surface area contributed by atoms with Gasteiger partial charge in [-0.1, -0.05) is 11.6 Å².